The van der Waals surface area contributed by atoms with Gasteiger partial charge in [-0.05, 0) is 36.4 Å². The van der Waals surface area contributed by atoms with Crippen LogP contribution in [0.2, 0.25) is 0 Å². The Labute approximate surface area is 120 Å². The van der Waals surface area contributed by atoms with Crippen molar-refractivity contribution in [2.24, 2.45) is 0 Å². The number of nitrogens with zero attached hydrogens (tertiary/aromatic N) is 2. The van der Waals surface area contributed by atoms with Gasteiger partial charge in [-0.1, -0.05) is 13.0 Å². The number of hydrogen-bond donors (Lipinski definition) is 1. The van der Waals surface area contributed by atoms with Gasteiger partial charge < -0.3 is 10.2 Å². The van der Waals surface area contributed by atoms with Crippen LogP contribution in [0.1, 0.15) is 24.5 Å². The van der Waals surface area contributed by atoms with E-state index in [-0.39, 0.29) is 0 Å². The van der Waals surface area contributed by atoms with Gasteiger partial charge in [0.2, 0.25) is 0 Å². The molecule has 0 unspecified atom stereocenters. The van der Waals surface area contributed by atoms with Gasteiger partial charge in [0, 0.05) is 25.4 Å². The SMILES string of the molecule is CCNCc1ccc(N2CCCSCC2)c(C#N)c1. The lowest BCUT2D eigenvalue weighted by atomic mass is 10.1. The zero-order valence-electron chi connectivity index (χ0n) is 11.5. The molecule has 1 saturated heterocycles. The maximum absolute atomic E-state index is 9.37. The molecule has 1 aromatic rings. The van der Waals surface area contributed by atoms with Gasteiger partial charge in [-0.2, -0.15) is 17.0 Å². The second-order valence-corrected chi connectivity index (χ2v) is 5.92. The molecule has 1 heterocycles. The largest absolute Gasteiger partial charge is 0.370 e. The molecule has 1 aromatic carbocycles. The number of nitriles is 1. The van der Waals surface area contributed by atoms with Crippen molar-refractivity contribution < 1.29 is 0 Å². The first-order valence-electron chi connectivity index (χ1n) is 6.91. The lowest BCUT2D eigenvalue weighted by Crippen LogP contribution is -2.26. The molecule has 0 aromatic heterocycles. The Morgan fingerprint density at radius 1 is 1.37 bits per heavy atom. The number of benzene rings is 1. The second-order valence-electron chi connectivity index (χ2n) is 4.70. The molecule has 2 rings (SSSR count). The van der Waals surface area contributed by atoms with Crippen molar-refractivity contribution in [2.45, 2.75) is 19.9 Å². The Morgan fingerprint density at radius 2 is 2.26 bits per heavy atom. The fourth-order valence-electron chi connectivity index (χ4n) is 2.31. The average molecular weight is 275 g/mol. The fraction of sp³-hybridized carbons (Fsp3) is 0.533. The summed E-state index contributed by atoms with van der Waals surface area (Å²) in [4.78, 5) is 2.36. The van der Waals surface area contributed by atoms with Gasteiger partial charge in [0.15, 0.2) is 0 Å². The molecule has 0 aliphatic carbocycles. The van der Waals surface area contributed by atoms with Crippen molar-refractivity contribution in [3.8, 4) is 6.07 Å². The summed E-state index contributed by atoms with van der Waals surface area (Å²) in [7, 11) is 0. The minimum Gasteiger partial charge on any atom is -0.370 e. The molecule has 19 heavy (non-hydrogen) atoms. The molecule has 4 heteroatoms. The van der Waals surface area contributed by atoms with Crippen LogP contribution in [0.25, 0.3) is 0 Å². The fourth-order valence-corrected chi connectivity index (χ4v) is 3.20. The topological polar surface area (TPSA) is 39.1 Å². The first kappa shape index (κ1) is 14.2. The summed E-state index contributed by atoms with van der Waals surface area (Å²) < 4.78 is 0. The highest BCUT2D eigenvalue weighted by Crippen LogP contribution is 2.24. The Morgan fingerprint density at radius 3 is 3.05 bits per heavy atom. The van der Waals surface area contributed by atoms with Crippen LogP contribution in [-0.2, 0) is 6.54 Å². The summed E-state index contributed by atoms with van der Waals surface area (Å²) in [5.74, 6) is 2.39. The second kappa shape index (κ2) is 7.42. The highest BCUT2D eigenvalue weighted by atomic mass is 32.2. The zero-order chi connectivity index (χ0) is 13.5. The van der Waals surface area contributed by atoms with E-state index in [2.05, 4.69) is 35.3 Å². The highest BCUT2D eigenvalue weighted by molar-refractivity contribution is 7.99. The van der Waals surface area contributed by atoms with Crippen LogP contribution in [0.4, 0.5) is 5.69 Å². The molecule has 1 aliphatic rings. The van der Waals surface area contributed by atoms with Gasteiger partial charge in [0.25, 0.3) is 0 Å². The van der Waals surface area contributed by atoms with E-state index in [1.807, 2.05) is 17.8 Å². The van der Waals surface area contributed by atoms with Crippen LogP contribution in [0, 0.1) is 11.3 Å². The van der Waals surface area contributed by atoms with Gasteiger partial charge in [0.1, 0.15) is 6.07 Å². The first-order valence-corrected chi connectivity index (χ1v) is 8.07. The summed E-state index contributed by atoms with van der Waals surface area (Å²) in [5.41, 5.74) is 3.10. The molecule has 0 bridgehead atoms. The maximum Gasteiger partial charge on any atom is 0.101 e. The van der Waals surface area contributed by atoms with E-state index < -0.39 is 0 Å². The van der Waals surface area contributed by atoms with Crippen LogP contribution in [0.15, 0.2) is 18.2 Å². The van der Waals surface area contributed by atoms with Crippen molar-refractivity contribution in [1.82, 2.24) is 5.32 Å². The molecule has 1 N–H and O–H groups in total. The first-order chi connectivity index (χ1) is 9.35. The third-order valence-corrected chi connectivity index (χ3v) is 4.37. The number of hydrogen-bond acceptors (Lipinski definition) is 4. The third kappa shape index (κ3) is 3.89. The molecule has 3 nitrogen and oxygen atoms in total. The van der Waals surface area contributed by atoms with E-state index in [0.717, 1.165) is 43.2 Å². The predicted molar refractivity (Wildman–Crippen MR) is 82.7 cm³/mol. The van der Waals surface area contributed by atoms with Crippen LogP contribution in [-0.4, -0.2) is 31.1 Å². The molecule has 1 aliphatic heterocycles. The zero-order valence-corrected chi connectivity index (χ0v) is 12.3. The van der Waals surface area contributed by atoms with Crippen molar-refractivity contribution in [1.29, 1.82) is 5.26 Å². The number of nitrogens with one attached hydrogen (secondary N) is 1. The van der Waals surface area contributed by atoms with Crippen LogP contribution in [0.3, 0.4) is 0 Å². The average Bonchev–Trinajstić information content (AvgIpc) is 2.73. The summed E-state index contributed by atoms with van der Waals surface area (Å²) >= 11 is 2.01. The predicted octanol–water partition coefficient (Wildman–Crippen LogP) is 2.61. The third-order valence-electron chi connectivity index (χ3n) is 3.32. The van der Waals surface area contributed by atoms with Crippen molar-refractivity contribution in [3.05, 3.63) is 29.3 Å². The molecule has 102 valence electrons. The van der Waals surface area contributed by atoms with Crippen LogP contribution < -0.4 is 10.2 Å². The maximum atomic E-state index is 9.37. The molecule has 0 spiro atoms. The van der Waals surface area contributed by atoms with Gasteiger partial charge in [0.05, 0.1) is 11.3 Å². The van der Waals surface area contributed by atoms with Crippen LogP contribution in [0.5, 0.6) is 0 Å². The standard InChI is InChI=1S/C15H21N3S/c1-2-17-12-13-4-5-15(14(10-13)11-16)18-6-3-8-19-9-7-18/h4-5,10,17H,2-3,6-9,12H2,1H3. The molecule has 0 radical (unpaired) electrons. The van der Waals surface area contributed by atoms with E-state index in [1.54, 1.807) is 0 Å². The highest BCUT2D eigenvalue weighted by Gasteiger charge is 2.14. The minimum atomic E-state index is 0.808. The molecule has 0 amide bonds. The smallest absolute Gasteiger partial charge is 0.101 e. The molecule has 0 atom stereocenters. The Kier molecular flexibility index (Phi) is 5.56. The molecule has 1 fully saturated rings. The summed E-state index contributed by atoms with van der Waals surface area (Å²) in [5, 5.41) is 12.7. The summed E-state index contributed by atoms with van der Waals surface area (Å²) in [6, 6.07) is 8.63. The van der Waals surface area contributed by atoms with Gasteiger partial charge >= 0.3 is 0 Å². The molecular weight excluding hydrogens is 254 g/mol. The van der Waals surface area contributed by atoms with Gasteiger partial charge in [-0.25, -0.2) is 0 Å². The number of thioether (sulfide) groups is 1. The van der Waals surface area contributed by atoms with Crippen molar-refractivity contribution >= 4 is 17.4 Å². The minimum absolute atomic E-state index is 0.808. The summed E-state index contributed by atoms with van der Waals surface area (Å²) in [6.07, 6.45) is 1.20. The quantitative estimate of drug-likeness (QED) is 0.917. The Hall–Kier alpha value is -1.18. The van der Waals surface area contributed by atoms with E-state index in [0.29, 0.717) is 0 Å². The Bertz CT molecular complexity index is 445. The summed E-state index contributed by atoms with van der Waals surface area (Å²) in [6.45, 7) is 5.99. The van der Waals surface area contributed by atoms with Gasteiger partial charge in [-0.3, -0.25) is 0 Å². The normalized spacial score (nSPS) is 15.9. The monoisotopic (exact) mass is 275 g/mol. The number of rotatable bonds is 4. The van der Waals surface area contributed by atoms with Crippen LogP contribution >= 0.6 is 11.8 Å². The van der Waals surface area contributed by atoms with Crippen molar-refractivity contribution in [3.63, 3.8) is 0 Å². The lowest BCUT2D eigenvalue weighted by Gasteiger charge is -2.23. The van der Waals surface area contributed by atoms with Crippen molar-refractivity contribution in [2.75, 3.05) is 36.0 Å². The van der Waals surface area contributed by atoms with E-state index in [4.69, 9.17) is 0 Å². The molecule has 0 saturated carbocycles. The van der Waals surface area contributed by atoms with E-state index >= 15 is 0 Å². The molecular formula is C15H21N3S. The van der Waals surface area contributed by atoms with E-state index in [9.17, 15) is 5.26 Å². The Balaban J connectivity index is 2.17. The number of anilines is 1. The lowest BCUT2D eigenvalue weighted by molar-refractivity contribution is 0.726. The van der Waals surface area contributed by atoms with Gasteiger partial charge in [-0.15, -0.1) is 0 Å². The van der Waals surface area contributed by atoms with E-state index in [1.165, 1.54) is 17.7 Å².